The van der Waals surface area contributed by atoms with E-state index in [4.69, 9.17) is 9.47 Å². The number of hydrogen-bond acceptors (Lipinski definition) is 4. The summed E-state index contributed by atoms with van der Waals surface area (Å²) in [6, 6.07) is 5.55. The third-order valence-corrected chi connectivity index (χ3v) is 3.44. The van der Waals surface area contributed by atoms with Crippen LogP contribution in [-0.4, -0.2) is 25.7 Å². The molecule has 0 radical (unpaired) electrons. The van der Waals surface area contributed by atoms with E-state index in [9.17, 15) is 4.79 Å². The first-order valence-electron chi connectivity index (χ1n) is 6.25. The van der Waals surface area contributed by atoms with Crippen molar-refractivity contribution in [3.63, 3.8) is 0 Å². The van der Waals surface area contributed by atoms with E-state index >= 15 is 0 Å². The van der Waals surface area contributed by atoms with Gasteiger partial charge in [-0.1, -0.05) is 6.07 Å². The zero-order valence-corrected chi connectivity index (χ0v) is 13.3. The summed E-state index contributed by atoms with van der Waals surface area (Å²) in [4.78, 5) is 11.6. The van der Waals surface area contributed by atoms with Crippen molar-refractivity contribution in [1.29, 1.82) is 0 Å². The van der Waals surface area contributed by atoms with Crippen molar-refractivity contribution in [2.75, 3.05) is 13.7 Å². The largest absolute Gasteiger partial charge is 0.496 e. The van der Waals surface area contributed by atoms with E-state index in [1.807, 2.05) is 25.1 Å². The maximum atomic E-state index is 11.6. The van der Waals surface area contributed by atoms with Crippen LogP contribution < -0.4 is 10.1 Å². The molecule has 0 saturated heterocycles. The van der Waals surface area contributed by atoms with Crippen LogP contribution in [0.15, 0.2) is 22.7 Å². The maximum absolute atomic E-state index is 11.6. The van der Waals surface area contributed by atoms with Crippen LogP contribution in [0.1, 0.15) is 32.4 Å². The number of rotatable bonds is 6. The number of halogens is 1. The quantitative estimate of drug-likeness (QED) is 0.815. The van der Waals surface area contributed by atoms with E-state index in [2.05, 4.69) is 21.2 Å². The Bertz CT molecular complexity index is 437. The lowest BCUT2D eigenvalue weighted by atomic mass is 10.1. The Morgan fingerprint density at radius 2 is 2.11 bits per heavy atom. The van der Waals surface area contributed by atoms with E-state index in [0.29, 0.717) is 6.61 Å². The van der Waals surface area contributed by atoms with Gasteiger partial charge in [0.15, 0.2) is 0 Å². The Labute approximate surface area is 122 Å². The van der Waals surface area contributed by atoms with Gasteiger partial charge in [0, 0.05) is 6.04 Å². The van der Waals surface area contributed by atoms with Crippen LogP contribution in [-0.2, 0) is 9.53 Å². The molecule has 1 N–H and O–H groups in total. The molecule has 0 fully saturated rings. The fraction of sp³-hybridized carbons (Fsp3) is 0.500. The predicted molar refractivity (Wildman–Crippen MR) is 78.3 cm³/mol. The Balaban J connectivity index is 2.70. The number of benzene rings is 1. The minimum Gasteiger partial charge on any atom is -0.496 e. The molecule has 0 aliphatic rings. The highest BCUT2D eigenvalue weighted by Crippen LogP contribution is 2.28. The van der Waals surface area contributed by atoms with Crippen molar-refractivity contribution >= 4 is 21.9 Å². The summed E-state index contributed by atoms with van der Waals surface area (Å²) in [5, 5.41) is 3.21. The monoisotopic (exact) mass is 329 g/mol. The van der Waals surface area contributed by atoms with Gasteiger partial charge in [-0.25, -0.2) is 0 Å². The third kappa shape index (κ3) is 4.51. The van der Waals surface area contributed by atoms with E-state index in [-0.39, 0.29) is 18.1 Å². The van der Waals surface area contributed by atoms with Crippen molar-refractivity contribution in [2.24, 2.45) is 0 Å². The molecule has 2 atom stereocenters. The van der Waals surface area contributed by atoms with Crippen LogP contribution in [0.2, 0.25) is 0 Å². The Morgan fingerprint density at radius 1 is 1.42 bits per heavy atom. The Morgan fingerprint density at radius 3 is 2.63 bits per heavy atom. The van der Waals surface area contributed by atoms with Gasteiger partial charge >= 0.3 is 5.97 Å². The SMILES string of the molecule is CCOC(=O)C(C)NC(C)c1ccc(OC)c(Br)c1. The van der Waals surface area contributed by atoms with Crippen molar-refractivity contribution in [3.05, 3.63) is 28.2 Å². The summed E-state index contributed by atoms with van der Waals surface area (Å²) < 4.78 is 11.1. The topological polar surface area (TPSA) is 47.6 Å². The molecule has 4 nitrogen and oxygen atoms in total. The van der Waals surface area contributed by atoms with Crippen LogP contribution in [0.25, 0.3) is 0 Å². The molecule has 1 rings (SSSR count). The number of esters is 1. The van der Waals surface area contributed by atoms with Gasteiger partial charge in [0.25, 0.3) is 0 Å². The van der Waals surface area contributed by atoms with Crippen molar-refractivity contribution in [1.82, 2.24) is 5.32 Å². The van der Waals surface area contributed by atoms with Gasteiger partial charge in [0.05, 0.1) is 18.2 Å². The first kappa shape index (κ1) is 16.0. The second kappa shape index (κ2) is 7.50. The minimum atomic E-state index is -0.337. The Kier molecular flexibility index (Phi) is 6.31. The molecular weight excluding hydrogens is 310 g/mol. The molecule has 19 heavy (non-hydrogen) atoms. The van der Waals surface area contributed by atoms with Gasteiger partial charge in [-0.2, -0.15) is 0 Å². The summed E-state index contributed by atoms with van der Waals surface area (Å²) in [7, 11) is 1.63. The molecule has 0 aromatic heterocycles. The fourth-order valence-electron chi connectivity index (χ4n) is 1.76. The zero-order valence-electron chi connectivity index (χ0n) is 11.7. The van der Waals surface area contributed by atoms with Crippen LogP contribution in [0.5, 0.6) is 5.75 Å². The molecule has 0 spiro atoms. The number of ether oxygens (including phenoxy) is 2. The molecule has 0 aliphatic heterocycles. The van der Waals surface area contributed by atoms with Gasteiger partial charge in [0.2, 0.25) is 0 Å². The molecule has 0 heterocycles. The van der Waals surface area contributed by atoms with Crippen LogP contribution in [0.3, 0.4) is 0 Å². The number of nitrogens with one attached hydrogen (secondary N) is 1. The molecule has 0 bridgehead atoms. The lowest BCUT2D eigenvalue weighted by molar-refractivity contribution is -0.145. The molecule has 0 amide bonds. The fourth-order valence-corrected chi connectivity index (χ4v) is 2.32. The summed E-state index contributed by atoms with van der Waals surface area (Å²) in [6.07, 6.45) is 0. The lowest BCUT2D eigenvalue weighted by Crippen LogP contribution is -2.37. The average molecular weight is 330 g/mol. The second-order valence-corrected chi connectivity index (χ2v) is 5.11. The molecular formula is C14H20BrNO3. The summed E-state index contributed by atoms with van der Waals surface area (Å²) in [6.45, 7) is 6.00. The van der Waals surface area contributed by atoms with Gasteiger partial charge in [-0.15, -0.1) is 0 Å². The predicted octanol–water partition coefficient (Wildman–Crippen LogP) is 3.06. The smallest absolute Gasteiger partial charge is 0.322 e. The first-order valence-corrected chi connectivity index (χ1v) is 7.05. The highest BCUT2D eigenvalue weighted by Gasteiger charge is 2.17. The number of carbonyl (C=O) groups excluding carboxylic acids is 1. The van der Waals surface area contributed by atoms with Gasteiger partial charge in [-0.05, 0) is 54.4 Å². The van der Waals surface area contributed by atoms with E-state index in [1.54, 1.807) is 21.0 Å². The first-order chi connectivity index (χ1) is 8.99. The highest BCUT2D eigenvalue weighted by molar-refractivity contribution is 9.10. The molecule has 0 saturated carbocycles. The lowest BCUT2D eigenvalue weighted by Gasteiger charge is -2.19. The summed E-state index contributed by atoms with van der Waals surface area (Å²) in [5.41, 5.74) is 1.07. The summed E-state index contributed by atoms with van der Waals surface area (Å²) in [5.74, 6) is 0.552. The molecule has 2 unspecified atom stereocenters. The van der Waals surface area contributed by atoms with Crippen LogP contribution in [0, 0.1) is 0 Å². The number of carbonyl (C=O) groups is 1. The van der Waals surface area contributed by atoms with Crippen molar-refractivity contribution in [3.8, 4) is 5.75 Å². The highest BCUT2D eigenvalue weighted by atomic mass is 79.9. The van der Waals surface area contributed by atoms with Crippen molar-refractivity contribution < 1.29 is 14.3 Å². The Hall–Kier alpha value is -1.07. The zero-order chi connectivity index (χ0) is 14.4. The second-order valence-electron chi connectivity index (χ2n) is 4.26. The summed E-state index contributed by atoms with van der Waals surface area (Å²) >= 11 is 3.45. The molecule has 0 aliphatic carbocycles. The van der Waals surface area contributed by atoms with Gasteiger partial charge in [-0.3, -0.25) is 10.1 Å². The van der Waals surface area contributed by atoms with Gasteiger partial charge in [0.1, 0.15) is 11.8 Å². The van der Waals surface area contributed by atoms with Crippen molar-refractivity contribution in [2.45, 2.75) is 32.9 Å². The molecule has 106 valence electrons. The van der Waals surface area contributed by atoms with E-state index in [1.165, 1.54) is 0 Å². The van der Waals surface area contributed by atoms with Gasteiger partial charge < -0.3 is 9.47 Å². The molecule has 1 aromatic rings. The molecule has 5 heteroatoms. The normalized spacial score (nSPS) is 13.7. The third-order valence-electron chi connectivity index (χ3n) is 2.82. The van der Waals surface area contributed by atoms with Crippen LogP contribution in [0.4, 0.5) is 0 Å². The standard InChI is InChI=1S/C14H20BrNO3/c1-5-19-14(17)10(3)16-9(2)11-6-7-13(18-4)12(15)8-11/h6-10,16H,5H2,1-4H3. The van der Waals surface area contributed by atoms with Crippen LogP contribution >= 0.6 is 15.9 Å². The number of hydrogen-bond donors (Lipinski definition) is 1. The van der Waals surface area contributed by atoms with E-state index in [0.717, 1.165) is 15.8 Å². The average Bonchev–Trinajstić information content (AvgIpc) is 2.38. The maximum Gasteiger partial charge on any atom is 0.322 e. The van der Waals surface area contributed by atoms with E-state index < -0.39 is 0 Å². The number of methoxy groups -OCH3 is 1. The molecule has 1 aromatic carbocycles. The minimum absolute atomic E-state index is 0.0432.